The average Bonchev–Trinajstić information content (AvgIpc) is 2.95. The van der Waals surface area contributed by atoms with Crippen LogP contribution in [-0.2, 0) is 4.79 Å². The number of carbonyl (C=O) groups excluding carboxylic acids is 2. The zero-order valence-electron chi connectivity index (χ0n) is 15.9. The van der Waals surface area contributed by atoms with Crippen LogP contribution in [0.4, 0.5) is 5.69 Å². The minimum Gasteiger partial charge on any atom is -0.326 e. The number of aryl methyl sites for hydroxylation is 1. The van der Waals surface area contributed by atoms with Gasteiger partial charge in [-0.1, -0.05) is 6.07 Å². The maximum atomic E-state index is 12.3. The van der Waals surface area contributed by atoms with Crippen LogP contribution >= 0.6 is 0 Å². The van der Waals surface area contributed by atoms with E-state index in [4.69, 9.17) is 0 Å². The number of hydrogen-bond donors (Lipinski definition) is 2. The van der Waals surface area contributed by atoms with Crippen LogP contribution in [0.1, 0.15) is 34.2 Å². The van der Waals surface area contributed by atoms with E-state index in [1.807, 2.05) is 32.0 Å². The molecule has 142 valence electrons. The highest BCUT2D eigenvalue weighted by molar-refractivity contribution is 5.97. The van der Waals surface area contributed by atoms with Crippen LogP contribution in [0.15, 0.2) is 60.0 Å². The van der Waals surface area contributed by atoms with Gasteiger partial charge in [-0.25, -0.2) is 5.43 Å². The maximum absolute atomic E-state index is 12.3. The van der Waals surface area contributed by atoms with Crippen molar-refractivity contribution in [3.05, 3.63) is 77.4 Å². The molecule has 0 aliphatic rings. The Hall–Kier alpha value is -3.74. The van der Waals surface area contributed by atoms with Gasteiger partial charge in [0.2, 0.25) is 5.91 Å². The molecule has 0 atom stereocenters. The highest BCUT2D eigenvalue weighted by Crippen LogP contribution is 2.18. The molecule has 1 aromatic carbocycles. The second-order valence-electron chi connectivity index (χ2n) is 6.33. The molecule has 0 radical (unpaired) electrons. The molecule has 0 bridgehead atoms. The number of nitrogens with one attached hydrogen (secondary N) is 2. The first kappa shape index (κ1) is 19.0. The van der Waals surface area contributed by atoms with Crippen molar-refractivity contribution in [2.24, 2.45) is 5.10 Å². The molecule has 3 rings (SSSR count). The van der Waals surface area contributed by atoms with E-state index in [1.54, 1.807) is 42.9 Å². The van der Waals surface area contributed by atoms with Crippen LogP contribution < -0.4 is 10.7 Å². The number of hydrogen-bond acceptors (Lipinski definition) is 4. The Balaban J connectivity index is 1.73. The maximum Gasteiger partial charge on any atom is 0.271 e. The van der Waals surface area contributed by atoms with Gasteiger partial charge in [-0.05, 0) is 50.2 Å². The fraction of sp³-hybridized carbons (Fsp3) is 0.143. The monoisotopic (exact) mass is 375 g/mol. The molecule has 2 N–H and O–H groups in total. The van der Waals surface area contributed by atoms with Gasteiger partial charge in [-0.15, -0.1) is 0 Å². The van der Waals surface area contributed by atoms with Gasteiger partial charge in [0.1, 0.15) is 0 Å². The van der Waals surface area contributed by atoms with Gasteiger partial charge in [-0.2, -0.15) is 5.10 Å². The highest BCUT2D eigenvalue weighted by atomic mass is 16.2. The normalized spacial score (nSPS) is 10.8. The van der Waals surface area contributed by atoms with Crippen LogP contribution in [0.3, 0.4) is 0 Å². The van der Waals surface area contributed by atoms with Crippen molar-refractivity contribution in [2.75, 3.05) is 5.32 Å². The zero-order chi connectivity index (χ0) is 20.1. The lowest BCUT2D eigenvalue weighted by Crippen LogP contribution is -2.18. The summed E-state index contributed by atoms with van der Waals surface area (Å²) in [5.74, 6) is -0.552. The second-order valence-corrected chi connectivity index (χ2v) is 6.33. The molecular formula is C21H21N5O2. The lowest BCUT2D eigenvalue weighted by molar-refractivity contribution is -0.114. The first-order chi connectivity index (χ1) is 13.5. The van der Waals surface area contributed by atoms with Crippen molar-refractivity contribution < 1.29 is 9.59 Å². The minimum atomic E-state index is -0.357. The number of carbonyl (C=O) groups is 2. The van der Waals surface area contributed by atoms with E-state index >= 15 is 0 Å². The quantitative estimate of drug-likeness (QED) is 0.530. The molecule has 0 spiro atoms. The standard InChI is InChI=1S/C21H21N5O2/c1-14-10-18(15(2)26(14)20-8-5-9-22-13-20)12-23-25-21(28)17-6-4-7-19(11-17)24-16(3)27/h4-13H,1-3H3,(H,24,27)(H,25,28). The second kappa shape index (κ2) is 8.30. The fourth-order valence-corrected chi connectivity index (χ4v) is 2.97. The molecule has 0 aliphatic heterocycles. The van der Waals surface area contributed by atoms with Crippen LogP contribution in [0.25, 0.3) is 5.69 Å². The molecule has 7 heteroatoms. The van der Waals surface area contributed by atoms with Crippen molar-refractivity contribution in [2.45, 2.75) is 20.8 Å². The van der Waals surface area contributed by atoms with Gasteiger partial charge in [-0.3, -0.25) is 14.6 Å². The van der Waals surface area contributed by atoms with Gasteiger partial charge in [0, 0.05) is 41.3 Å². The molecule has 7 nitrogen and oxygen atoms in total. The van der Waals surface area contributed by atoms with Crippen LogP contribution in [0, 0.1) is 13.8 Å². The molecule has 2 heterocycles. The highest BCUT2D eigenvalue weighted by Gasteiger charge is 2.10. The number of pyridine rings is 1. The number of amides is 2. The summed E-state index contributed by atoms with van der Waals surface area (Å²) in [6.45, 7) is 5.41. The Morgan fingerprint density at radius 2 is 1.96 bits per heavy atom. The zero-order valence-corrected chi connectivity index (χ0v) is 15.9. The molecule has 2 amide bonds. The van der Waals surface area contributed by atoms with Gasteiger partial charge in [0.25, 0.3) is 5.91 Å². The van der Waals surface area contributed by atoms with E-state index in [1.165, 1.54) is 6.92 Å². The third kappa shape index (κ3) is 4.32. The minimum absolute atomic E-state index is 0.195. The lowest BCUT2D eigenvalue weighted by Gasteiger charge is -2.08. The largest absolute Gasteiger partial charge is 0.326 e. The van der Waals surface area contributed by atoms with Crippen molar-refractivity contribution in [1.29, 1.82) is 0 Å². The molecule has 0 saturated heterocycles. The van der Waals surface area contributed by atoms with E-state index in [0.717, 1.165) is 22.6 Å². The fourth-order valence-electron chi connectivity index (χ4n) is 2.97. The van der Waals surface area contributed by atoms with Crippen molar-refractivity contribution >= 4 is 23.7 Å². The summed E-state index contributed by atoms with van der Waals surface area (Å²) in [5, 5.41) is 6.73. The Labute approximate surface area is 163 Å². The molecule has 2 aromatic heterocycles. The number of nitrogens with zero attached hydrogens (tertiary/aromatic N) is 3. The Bertz CT molecular complexity index is 1040. The molecular weight excluding hydrogens is 354 g/mol. The lowest BCUT2D eigenvalue weighted by atomic mass is 10.2. The van der Waals surface area contributed by atoms with E-state index < -0.39 is 0 Å². The molecule has 0 fully saturated rings. The van der Waals surface area contributed by atoms with Crippen molar-refractivity contribution in [3.8, 4) is 5.69 Å². The van der Waals surface area contributed by atoms with E-state index in [2.05, 4.69) is 25.4 Å². The first-order valence-electron chi connectivity index (χ1n) is 8.76. The van der Waals surface area contributed by atoms with Crippen LogP contribution in [0.5, 0.6) is 0 Å². The summed E-state index contributed by atoms with van der Waals surface area (Å²) in [6.07, 6.45) is 5.14. The SMILES string of the molecule is CC(=O)Nc1cccc(C(=O)NN=Cc2cc(C)n(-c3cccnc3)c2C)c1. The third-order valence-electron chi connectivity index (χ3n) is 4.19. The predicted molar refractivity (Wildman–Crippen MR) is 109 cm³/mol. The van der Waals surface area contributed by atoms with Crippen molar-refractivity contribution in [3.63, 3.8) is 0 Å². The van der Waals surface area contributed by atoms with E-state index in [9.17, 15) is 9.59 Å². The number of hydrazone groups is 1. The Morgan fingerprint density at radius 3 is 2.68 bits per heavy atom. The van der Waals surface area contributed by atoms with Gasteiger partial charge >= 0.3 is 0 Å². The van der Waals surface area contributed by atoms with Crippen LogP contribution in [-0.4, -0.2) is 27.6 Å². The molecule has 3 aromatic rings. The average molecular weight is 375 g/mol. The van der Waals surface area contributed by atoms with Gasteiger partial charge in [0.15, 0.2) is 0 Å². The number of rotatable bonds is 5. The summed E-state index contributed by atoms with van der Waals surface area (Å²) in [4.78, 5) is 27.6. The Morgan fingerprint density at radius 1 is 1.14 bits per heavy atom. The molecule has 28 heavy (non-hydrogen) atoms. The number of benzene rings is 1. The summed E-state index contributed by atoms with van der Waals surface area (Å²) in [6, 6.07) is 12.5. The summed E-state index contributed by atoms with van der Waals surface area (Å²) in [7, 11) is 0. The topological polar surface area (TPSA) is 88.4 Å². The molecule has 0 saturated carbocycles. The third-order valence-corrected chi connectivity index (χ3v) is 4.19. The summed E-state index contributed by atoms with van der Waals surface area (Å²) >= 11 is 0. The first-order valence-corrected chi connectivity index (χ1v) is 8.76. The Kier molecular flexibility index (Phi) is 5.64. The molecule has 0 unspecified atom stereocenters. The van der Waals surface area contributed by atoms with Gasteiger partial charge < -0.3 is 9.88 Å². The van der Waals surface area contributed by atoms with Gasteiger partial charge in [0.05, 0.1) is 18.1 Å². The van der Waals surface area contributed by atoms with E-state index in [-0.39, 0.29) is 11.8 Å². The predicted octanol–water partition coefficient (Wildman–Crippen LogP) is 3.21. The van der Waals surface area contributed by atoms with Crippen LogP contribution in [0.2, 0.25) is 0 Å². The molecule has 0 aliphatic carbocycles. The smallest absolute Gasteiger partial charge is 0.271 e. The van der Waals surface area contributed by atoms with E-state index in [0.29, 0.717) is 11.3 Å². The summed E-state index contributed by atoms with van der Waals surface area (Å²) < 4.78 is 2.08. The number of aromatic nitrogens is 2. The summed E-state index contributed by atoms with van der Waals surface area (Å²) in [5.41, 5.74) is 7.39. The number of anilines is 1. The van der Waals surface area contributed by atoms with Crippen molar-refractivity contribution in [1.82, 2.24) is 15.0 Å².